The van der Waals surface area contributed by atoms with Crippen LogP contribution in [-0.2, 0) is 6.54 Å². The maximum absolute atomic E-state index is 11.3. The summed E-state index contributed by atoms with van der Waals surface area (Å²) in [6.07, 6.45) is 0. The van der Waals surface area contributed by atoms with Gasteiger partial charge < -0.3 is 15.8 Å². The number of ether oxygens (including phenoxy) is 1. The lowest BCUT2D eigenvalue weighted by Crippen LogP contribution is -2.11. The van der Waals surface area contributed by atoms with Crippen molar-refractivity contribution in [3.63, 3.8) is 0 Å². The number of anilines is 1. The molecule has 0 aliphatic heterocycles. The maximum Gasteiger partial charge on any atom is 0.248 e. The number of nitrogens with two attached hydrogens (primary N) is 1. The predicted molar refractivity (Wildman–Crippen MR) is 90.7 cm³/mol. The lowest BCUT2D eigenvalue weighted by Gasteiger charge is -2.12. The topological polar surface area (TPSA) is 64.3 Å². The molecule has 0 heterocycles. The van der Waals surface area contributed by atoms with Crippen molar-refractivity contribution in [2.75, 3.05) is 12.4 Å². The van der Waals surface area contributed by atoms with E-state index in [1.807, 2.05) is 18.2 Å². The summed E-state index contributed by atoms with van der Waals surface area (Å²) in [6, 6.07) is 11.0. The summed E-state index contributed by atoms with van der Waals surface area (Å²) in [4.78, 5) is 11.3. The molecule has 0 aromatic heterocycles. The highest BCUT2D eigenvalue weighted by atomic mass is 79.9. The number of hydrogen-bond donors (Lipinski definition) is 2. The monoisotopic (exact) mass is 412 g/mol. The van der Waals surface area contributed by atoms with Gasteiger partial charge in [-0.3, -0.25) is 4.79 Å². The minimum absolute atomic E-state index is 0.440. The number of carbonyl (C=O) groups is 1. The summed E-state index contributed by atoms with van der Waals surface area (Å²) in [5.41, 5.74) is 7.56. The van der Waals surface area contributed by atoms with Gasteiger partial charge in [0.05, 0.1) is 12.8 Å². The first-order chi connectivity index (χ1) is 10.0. The van der Waals surface area contributed by atoms with E-state index in [0.29, 0.717) is 17.9 Å². The average Bonchev–Trinajstić information content (AvgIpc) is 2.48. The van der Waals surface area contributed by atoms with Gasteiger partial charge in [-0.1, -0.05) is 6.07 Å². The van der Waals surface area contributed by atoms with Crippen molar-refractivity contribution in [2.45, 2.75) is 6.54 Å². The zero-order chi connectivity index (χ0) is 15.4. The van der Waals surface area contributed by atoms with E-state index < -0.39 is 5.91 Å². The third kappa shape index (κ3) is 3.98. The van der Waals surface area contributed by atoms with Crippen LogP contribution in [0, 0.1) is 0 Å². The van der Waals surface area contributed by atoms with Crippen LogP contribution < -0.4 is 15.8 Å². The minimum Gasteiger partial charge on any atom is -0.495 e. The van der Waals surface area contributed by atoms with Gasteiger partial charge in [-0.15, -0.1) is 0 Å². The van der Waals surface area contributed by atoms with Crippen molar-refractivity contribution in [3.8, 4) is 5.75 Å². The molecule has 0 bridgehead atoms. The van der Waals surface area contributed by atoms with E-state index in [1.165, 1.54) is 0 Å². The van der Waals surface area contributed by atoms with E-state index in [-0.39, 0.29) is 0 Å². The highest BCUT2D eigenvalue weighted by Gasteiger charge is 2.08. The summed E-state index contributed by atoms with van der Waals surface area (Å²) < 4.78 is 7.27. The number of nitrogens with one attached hydrogen (secondary N) is 1. The van der Waals surface area contributed by atoms with E-state index in [4.69, 9.17) is 10.5 Å². The van der Waals surface area contributed by atoms with E-state index in [9.17, 15) is 4.79 Å². The Hall–Kier alpha value is -1.53. The van der Waals surface area contributed by atoms with Crippen molar-refractivity contribution >= 4 is 43.5 Å². The highest BCUT2D eigenvalue weighted by molar-refractivity contribution is 9.13. The lowest BCUT2D eigenvalue weighted by molar-refractivity contribution is 0.100. The van der Waals surface area contributed by atoms with Gasteiger partial charge in [0, 0.05) is 21.1 Å². The molecule has 0 saturated carbocycles. The Kier molecular flexibility index (Phi) is 5.25. The van der Waals surface area contributed by atoms with E-state index in [2.05, 4.69) is 37.2 Å². The molecule has 0 atom stereocenters. The number of rotatable bonds is 5. The molecule has 110 valence electrons. The molecule has 0 fully saturated rings. The van der Waals surface area contributed by atoms with Gasteiger partial charge in [0.15, 0.2) is 0 Å². The van der Waals surface area contributed by atoms with Crippen LogP contribution >= 0.6 is 31.9 Å². The quantitative estimate of drug-likeness (QED) is 0.780. The Morgan fingerprint density at radius 2 is 1.95 bits per heavy atom. The number of halogens is 2. The molecule has 0 aliphatic rings. The van der Waals surface area contributed by atoms with Gasteiger partial charge in [-0.25, -0.2) is 0 Å². The Morgan fingerprint density at radius 1 is 1.19 bits per heavy atom. The van der Waals surface area contributed by atoms with Crippen LogP contribution in [0.1, 0.15) is 15.9 Å². The number of methoxy groups -OCH3 is 1. The molecule has 0 radical (unpaired) electrons. The Morgan fingerprint density at radius 3 is 2.57 bits per heavy atom. The summed E-state index contributed by atoms with van der Waals surface area (Å²) in [6.45, 7) is 0.602. The molecule has 1 amide bonds. The third-order valence-corrected chi connectivity index (χ3v) is 4.83. The van der Waals surface area contributed by atoms with Gasteiger partial charge >= 0.3 is 0 Å². The number of benzene rings is 2. The smallest absolute Gasteiger partial charge is 0.248 e. The van der Waals surface area contributed by atoms with E-state index in [1.54, 1.807) is 25.3 Å². The molecule has 6 heteroatoms. The number of carbonyl (C=O) groups excluding carboxylic acids is 1. The van der Waals surface area contributed by atoms with Crippen molar-refractivity contribution in [1.82, 2.24) is 0 Å². The second-order valence-electron chi connectivity index (χ2n) is 4.38. The second-order valence-corrected chi connectivity index (χ2v) is 6.09. The SMILES string of the molecule is COc1ccc(C(N)=O)cc1NCc1ccc(Br)c(Br)c1. The number of amides is 1. The molecular formula is C15H14Br2N2O2. The lowest BCUT2D eigenvalue weighted by atomic mass is 10.1. The van der Waals surface area contributed by atoms with Crippen LogP contribution in [0.5, 0.6) is 5.75 Å². The van der Waals surface area contributed by atoms with Crippen LogP contribution in [-0.4, -0.2) is 13.0 Å². The fraction of sp³-hybridized carbons (Fsp3) is 0.133. The van der Waals surface area contributed by atoms with Crippen molar-refractivity contribution in [2.24, 2.45) is 5.73 Å². The van der Waals surface area contributed by atoms with Crippen molar-refractivity contribution in [3.05, 3.63) is 56.5 Å². The first-order valence-corrected chi connectivity index (χ1v) is 7.75. The molecule has 0 aliphatic carbocycles. The molecule has 0 spiro atoms. The van der Waals surface area contributed by atoms with E-state index >= 15 is 0 Å². The fourth-order valence-corrected chi connectivity index (χ4v) is 2.52. The highest BCUT2D eigenvalue weighted by Crippen LogP contribution is 2.27. The fourth-order valence-electron chi connectivity index (χ4n) is 1.85. The Balaban J connectivity index is 2.19. The van der Waals surface area contributed by atoms with Gasteiger partial charge in [0.25, 0.3) is 0 Å². The summed E-state index contributed by atoms with van der Waals surface area (Å²) >= 11 is 6.91. The van der Waals surface area contributed by atoms with Crippen LogP contribution in [0.2, 0.25) is 0 Å². The first-order valence-electron chi connectivity index (χ1n) is 6.17. The molecule has 3 N–H and O–H groups in total. The standard InChI is InChI=1S/C15H14Br2N2O2/c1-21-14-5-3-10(15(18)20)7-13(14)19-8-9-2-4-11(16)12(17)6-9/h2-7,19H,8H2,1H3,(H2,18,20). The summed E-state index contributed by atoms with van der Waals surface area (Å²) in [7, 11) is 1.58. The number of primary amides is 1. The third-order valence-electron chi connectivity index (χ3n) is 2.95. The molecule has 2 aromatic rings. The van der Waals surface area contributed by atoms with Crippen molar-refractivity contribution in [1.29, 1.82) is 0 Å². The van der Waals surface area contributed by atoms with Gasteiger partial charge in [-0.05, 0) is 67.8 Å². The molecule has 0 unspecified atom stereocenters. The van der Waals surface area contributed by atoms with Crippen molar-refractivity contribution < 1.29 is 9.53 Å². The largest absolute Gasteiger partial charge is 0.495 e. The Bertz CT molecular complexity index is 675. The Labute approximate surface area is 139 Å². The summed E-state index contributed by atoms with van der Waals surface area (Å²) in [5, 5.41) is 3.25. The number of hydrogen-bond acceptors (Lipinski definition) is 3. The van der Waals surface area contributed by atoms with Crippen LogP contribution in [0.4, 0.5) is 5.69 Å². The second kappa shape index (κ2) is 6.95. The zero-order valence-electron chi connectivity index (χ0n) is 11.3. The minimum atomic E-state index is -0.466. The molecule has 2 rings (SSSR count). The molecule has 0 saturated heterocycles. The van der Waals surface area contributed by atoms with Gasteiger partial charge in [0.2, 0.25) is 5.91 Å². The van der Waals surface area contributed by atoms with Crippen LogP contribution in [0.3, 0.4) is 0 Å². The van der Waals surface area contributed by atoms with Crippen LogP contribution in [0.25, 0.3) is 0 Å². The molecular weight excluding hydrogens is 400 g/mol. The molecule has 21 heavy (non-hydrogen) atoms. The summed E-state index contributed by atoms with van der Waals surface area (Å²) in [5.74, 6) is 0.197. The normalized spacial score (nSPS) is 10.2. The average molecular weight is 414 g/mol. The van der Waals surface area contributed by atoms with Gasteiger partial charge in [0.1, 0.15) is 5.75 Å². The molecule has 2 aromatic carbocycles. The van der Waals surface area contributed by atoms with Crippen LogP contribution in [0.15, 0.2) is 45.3 Å². The zero-order valence-corrected chi connectivity index (χ0v) is 14.5. The molecule has 4 nitrogen and oxygen atoms in total. The maximum atomic E-state index is 11.3. The van der Waals surface area contributed by atoms with Gasteiger partial charge in [-0.2, -0.15) is 0 Å². The first kappa shape index (κ1) is 15.9. The predicted octanol–water partition coefficient (Wildman–Crippen LogP) is 3.93. The van der Waals surface area contributed by atoms with E-state index in [0.717, 1.165) is 20.2 Å².